The molecule has 0 amide bonds. The highest BCUT2D eigenvalue weighted by atomic mass is 19.1. The van der Waals surface area contributed by atoms with E-state index in [1.807, 2.05) is 36.5 Å². The second-order valence-electron chi connectivity index (χ2n) is 7.66. The maximum absolute atomic E-state index is 14.6. The molecular weight excluding hydrogens is 388 g/mol. The molecule has 1 nitrogen and oxygen atoms in total. The lowest BCUT2D eigenvalue weighted by atomic mass is 10.0. The van der Waals surface area contributed by atoms with Crippen molar-refractivity contribution in [2.75, 3.05) is 0 Å². The lowest BCUT2D eigenvalue weighted by Crippen LogP contribution is -1.91. The lowest BCUT2D eigenvalue weighted by Gasteiger charge is -2.05. The Bertz CT molecular complexity index is 1260. The van der Waals surface area contributed by atoms with Crippen molar-refractivity contribution in [1.82, 2.24) is 4.98 Å². The topological polar surface area (TPSA) is 12.9 Å². The van der Waals surface area contributed by atoms with E-state index in [2.05, 4.69) is 29.8 Å². The number of aromatic nitrogens is 1. The van der Waals surface area contributed by atoms with Crippen molar-refractivity contribution in [2.45, 2.75) is 32.6 Å². The molecule has 0 spiro atoms. The van der Waals surface area contributed by atoms with E-state index in [1.165, 1.54) is 36.6 Å². The van der Waals surface area contributed by atoms with Crippen molar-refractivity contribution in [1.29, 1.82) is 0 Å². The molecular formula is C28H23F2N. The van der Waals surface area contributed by atoms with Crippen LogP contribution >= 0.6 is 0 Å². The molecule has 4 rings (SSSR count). The Hall–Kier alpha value is -3.51. The molecule has 0 bridgehead atoms. The third kappa shape index (κ3) is 5.16. The van der Waals surface area contributed by atoms with Crippen LogP contribution in [0.4, 0.5) is 8.78 Å². The average molecular weight is 411 g/mol. The molecule has 0 aliphatic heterocycles. The minimum Gasteiger partial charge on any atom is -0.256 e. The Labute approximate surface area is 181 Å². The number of nitrogens with zero attached hydrogens (tertiary/aromatic N) is 1. The minimum absolute atomic E-state index is 0.269. The van der Waals surface area contributed by atoms with Crippen LogP contribution in [0.1, 0.15) is 42.9 Å². The Morgan fingerprint density at radius 2 is 1.65 bits per heavy atom. The molecule has 0 unspecified atom stereocenters. The van der Waals surface area contributed by atoms with Gasteiger partial charge in [0.15, 0.2) is 0 Å². The normalized spacial score (nSPS) is 10.7. The van der Waals surface area contributed by atoms with Crippen LogP contribution in [0, 0.1) is 23.5 Å². The van der Waals surface area contributed by atoms with Crippen LogP contribution in [-0.2, 0) is 6.42 Å². The fraction of sp³-hybridized carbons (Fsp3) is 0.179. The molecule has 154 valence electrons. The van der Waals surface area contributed by atoms with Crippen molar-refractivity contribution >= 4 is 10.8 Å². The van der Waals surface area contributed by atoms with Gasteiger partial charge >= 0.3 is 0 Å². The summed E-state index contributed by atoms with van der Waals surface area (Å²) in [6.07, 6.45) is 6.47. The standard InChI is InChI=1S/C28H23F2N/c1-2-3-4-5-21-8-15-28(31-19-21)25-12-11-22(27(30)18-25)9-6-20-7-10-24-17-26(29)14-13-23(24)16-20/h7-8,10-19H,2-5H2,1H3. The first-order valence-electron chi connectivity index (χ1n) is 10.6. The average Bonchev–Trinajstić information content (AvgIpc) is 2.79. The molecule has 0 N–H and O–H groups in total. The van der Waals surface area contributed by atoms with Crippen molar-refractivity contribution in [3.8, 4) is 23.1 Å². The zero-order valence-corrected chi connectivity index (χ0v) is 17.5. The molecule has 0 saturated heterocycles. The summed E-state index contributed by atoms with van der Waals surface area (Å²) >= 11 is 0. The summed E-state index contributed by atoms with van der Waals surface area (Å²) < 4.78 is 28.0. The molecule has 3 heteroatoms. The van der Waals surface area contributed by atoms with Crippen molar-refractivity contribution < 1.29 is 8.78 Å². The molecule has 0 aliphatic carbocycles. The van der Waals surface area contributed by atoms with E-state index in [0.717, 1.165) is 40.4 Å². The van der Waals surface area contributed by atoms with Crippen LogP contribution in [0.15, 0.2) is 72.9 Å². The van der Waals surface area contributed by atoms with Gasteiger partial charge in [0.25, 0.3) is 0 Å². The molecule has 0 radical (unpaired) electrons. The van der Waals surface area contributed by atoms with Gasteiger partial charge in [0, 0.05) is 17.3 Å². The largest absolute Gasteiger partial charge is 0.256 e. The highest BCUT2D eigenvalue weighted by Crippen LogP contribution is 2.21. The fourth-order valence-corrected chi connectivity index (χ4v) is 3.53. The fourth-order valence-electron chi connectivity index (χ4n) is 3.53. The summed E-state index contributed by atoms with van der Waals surface area (Å²) in [4.78, 5) is 4.50. The molecule has 3 aromatic carbocycles. The first-order chi connectivity index (χ1) is 15.1. The van der Waals surface area contributed by atoms with Gasteiger partial charge in [-0.3, -0.25) is 4.98 Å². The van der Waals surface area contributed by atoms with Crippen LogP contribution in [0.25, 0.3) is 22.0 Å². The van der Waals surface area contributed by atoms with Gasteiger partial charge in [-0.1, -0.05) is 55.9 Å². The number of aryl methyl sites for hydroxylation is 1. The van der Waals surface area contributed by atoms with Crippen molar-refractivity contribution in [3.63, 3.8) is 0 Å². The van der Waals surface area contributed by atoms with E-state index in [0.29, 0.717) is 5.56 Å². The number of rotatable bonds is 5. The summed E-state index contributed by atoms with van der Waals surface area (Å²) in [5.74, 6) is 5.26. The van der Waals surface area contributed by atoms with Gasteiger partial charge in [0.05, 0.1) is 11.3 Å². The Morgan fingerprint density at radius 1 is 0.806 bits per heavy atom. The summed E-state index contributed by atoms with van der Waals surface area (Å²) in [5, 5.41) is 1.71. The van der Waals surface area contributed by atoms with Crippen LogP contribution < -0.4 is 0 Å². The molecule has 0 saturated carbocycles. The van der Waals surface area contributed by atoms with Crippen LogP contribution in [-0.4, -0.2) is 4.98 Å². The number of pyridine rings is 1. The zero-order valence-electron chi connectivity index (χ0n) is 17.5. The molecule has 0 fully saturated rings. The lowest BCUT2D eigenvalue weighted by molar-refractivity contribution is 0.625. The first-order valence-corrected chi connectivity index (χ1v) is 10.6. The number of hydrogen-bond donors (Lipinski definition) is 0. The van der Waals surface area contributed by atoms with Gasteiger partial charge in [-0.25, -0.2) is 8.78 Å². The molecule has 0 aliphatic rings. The maximum Gasteiger partial charge on any atom is 0.139 e. The number of fused-ring (bicyclic) bond motifs is 1. The van der Waals surface area contributed by atoms with E-state index in [4.69, 9.17) is 0 Å². The van der Waals surface area contributed by atoms with E-state index in [-0.39, 0.29) is 11.6 Å². The van der Waals surface area contributed by atoms with Gasteiger partial charge in [-0.2, -0.15) is 0 Å². The number of halogens is 2. The van der Waals surface area contributed by atoms with E-state index in [9.17, 15) is 8.78 Å². The SMILES string of the molecule is CCCCCc1ccc(-c2ccc(C#Cc3ccc4cc(F)ccc4c3)c(F)c2)nc1. The second kappa shape index (κ2) is 9.53. The van der Waals surface area contributed by atoms with Crippen LogP contribution in [0.2, 0.25) is 0 Å². The van der Waals surface area contributed by atoms with E-state index in [1.54, 1.807) is 12.1 Å². The predicted octanol–water partition coefficient (Wildman–Crippen LogP) is 7.31. The van der Waals surface area contributed by atoms with Crippen LogP contribution in [0.5, 0.6) is 0 Å². The minimum atomic E-state index is -0.373. The van der Waals surface area contributed by atoms with Gasteiger partial charge in [0.2, 0.25) is 0 Å². The summed E-state index contributed by atoms with van der Waals surface area (Å²) in [6.45, 7) is 2.19. The van der Waals surface area contributed by atoms with Crippen molar-refractivity contribution in [2.24, 2.45) is 0 Å². The predicted molar refractivity (Wildman–Crippen MR) is 123 cm³/mol. The second-order valence-corrected chi connectivity index (χ2v) is 7.66. The Morgan fingerprint density at radius 3 is 2.42 bits per heavy atom. The summed E-state index contributed by atoms with van der Waals surface area (Å²) in [5.41, 5.74) is 3.77. The molecule has 1 heterocycles. The Kier molecular flexibility index (Phi) is 6.38. The Balaban J connectivity index is 1.51. The first kappa shape index (κ1) is 20.8. The summed E-state index contributed by atoms with van der Waals surface area (Å²) in [6, 6.07) is 19.1. The highest BCUT2D eigenvalue weighted by molar-refractivity contribution is 5.84. The smallest absolute Gasteiger partial charge is 0.139 e. The molecule has 4 aromatic rings. The van der Waals surface area contributed by atoms with E-state index < -0.39 is 0 Å². The van der Waals surface area contributed by atoms with Gasteiger partial charge in [-0.05, 0) is 71.6 Å². The number of hydrogen-bond acceptors (Lipinski definition) is 1. The monoisotopic (exact) mass is 411 g/mol. The molecule has 0 atom stereocenters. The maximum atomic E-state index is 14.6. The van der Waals surface area contributed by atoms with E-state index >= 15 is 0 Å². The number of benzene rings is 3. The quantitative estimate of drug-likeness (QED) is 0.248. The van der Waals surface area contributed by atoms with Gasteiger partial charge in [-0.15, -0.1) is 0 Å². The number of unbranched alkanes of at least 4 members (excludes halogenated alkanes) is 2. The van der Waals surface area contributed by atoms with Gasteiger partial charge in [0.1, 0.15) is 11.6 Å². The third-order valence-electron chi connectivity index (χ3n) is 5.30. The van der Waals surface area contributed by atoms with Crippen LogP contribution in [0.3, 0.4) is 0 Å². The van der Waals surface area contributed by atoms with Gasteiger partial charge < -0.3 is 0 Å². The van der Waals surface area contributed by atoms with Crippen molar-refractivity contribution in [3.05, 3.63) is 101 Å². The highest BCUT2D eigenvalue weighted by Gasteiger charge is 2.05. The molecule has 1 aromatic heterocycles. The zero-order chi connectivity index (χ0) is 21.6. The molecule has 31 heavy (non-hydrogen) atoms. The summed E-state index contributed by atoms with van der Waals surface area (Å²) in [7, 11) is 0. The third-order valence-corrected chi connectivity index (χ3v) is 5.30.